The molecule has 0 aliphatic carbocycles. The van der Waals surface area contributed by atoms with E-state index in [4.69, 9.17) is 0 Å². The minimum atomic E-state index is -0.861. The predicted octanol–water partition coefficient (Wildman–Crippen LogP) is 7.71. The van der Waals surface area contributed by atoms with Crippen molar-refractivity contribution in [2.45, 2.75) is 65.0 Å². The molecule has 2 aromatic carbocycles. The Morgan fingerprint density at radius 2 is 1.18 bits per heavy atom. The third-order valence-corrected chi connectivity index (χ3v) is 5.81. The molecule has 0 fully saturated rings. The molecule has 3 aromatic rings. The van der Waals surface area contributed by atoms with E-state index in [1.165, 1.54) is 16.4 Å². The van der Waals surface area contributed by atoms with E-state index >= 15 is 0 Å². The zero-order valence-corrected chi connectivity index (χ0v) is 24.1. The van der Waals surface area contributed by atoms with Crippen LogP contribution in [-0.2, 0) is 16.5 Å². The van der Waals surface area contributed by atoms with E-state index in [0.717, 1.165) is 5.56 Å². The molecular weight excluding hydrogens is 484 g/mol. The Hall–Kier alpha value is -1.31. The maximum atomic E-state index is 10.6. The van der Waals surface area contributed by atoms with Crippen molar-refractivity contribution in [2.75, 3.05) is 0 Å². The topological polar surface area (TPSA) is 33.1 Å². The second-order valence-electron chi connectivity index (χ2n) is 9.66. The molecule has 0 saturated carbocycles. The summed E-state index contributed by atoms with van der Waals surface area (Å²) in [7, 11) is -0.467. The van der Waals surface area contributed by atoms with Gasteiger partial charge in [-0.2, -0.15) is 0 Å². The van der Waals surface area contributed by atoms with Gasteiger partial charge < -0.3 is 11.7 Å². The van der Waals surface area contributed by atoms with Crippen molar-refractivity contribution >= 4 is 22.0 Å². The number of hydrogen-bond donors (Lipinski definition) is 1. The van der Waals surface area contributed by atoms with Gasteiger partial charge in [0, 0.05) is 28.9 Å². The second-order valence-corrected chi connectivity index (χ2v) is 16.1. The number of aliphatic hydroxyl groups is 1. The summed E-state index contributed by atoms with van der Waals surface area (Å²) in [6.07, 6.45) is 3.50. The maximum absolute atomic E-state index is 10.6. The summed E-state index contributed by atoms with van der Waals surface area (Å²) in [6.45, 7) is 19.5. The summed E-state index contributed by atoms with van der Waals surface area (Å²) in [4.78, 5) is 3.78. The van der Waals surface area contributed by atoms with Crippen molar-refractivity contribution in [3.05, 3.63) is 102 Å². The van der Waals surface area contributed by atoms with E-state index < -0.39 is 13.9 Å². The summed E-state index contributed by atoms with van der Waals surface area (Å²) in [6, 6.07) is 22.2. The fourth-order valence-electron chi connectivity index (χ4n) is 2.89. The van der Waals surface area contributed by atoms with Crippen LogP contribution < -0.4 is 5.30 Å². The molecule has 1 heterocycles. The molecular formula is C28H41NNiOPSi-. The van der Waals surface area contributed by atoms with Crippen LogP contribution in [0.15, 0.2) is 79.1 Å². The molecule has 2 nitrogen and oxygen atoms in total. The summed E-state index contributed by atoms with van der Waals surface area (Å²) in [5.74, 6) is 0.548. The largest absolute Gasteiger partial charge is 0.384 e. The van der Waals surface area contributed by atoms with Gasteiger partial charge in [0.2, 0.25) is 0 Å². The minimum Gasteiger partial charge on any atom is -0.384 e. The van der Waals surface area contributed by atoms with E-state index in [-0.39, 0.29) is 16.5 Å². The van der Waals surface area contributed by atoms with E-state index in [9.17, 15) is 5.11 Å². The standard InChI is InChI=1S/C19H25OP.C5H5N.C4H11Si.Ni/c1-13(2)16-11-8-12-17(14(3)4)18(16)21-19(20)15-9-6-5-7-10-15;1-2-4-6-5-3-1;1-5(2,3)4;/h5-14,19-21H,1-4H3;1-5H;1H2,2-4H3;/q;;-1;. The Labute approximate surface area is 215 Å². The van der Waals surface area contributed by atoms with Crippen LogP contribution >= 0.6 is 8.58 Å². The monoisotopic (exact) mass is 524 g/mol. The molecule has 2 unspecified atom stereocenters. The summed E-state index contributed by atoms with van der Waals surface area (Å²) < 4.78 is 0. The van der Waals surface area contributed by atoms with E-state index in [2.05, 4.69) is 77.1 Å². The van der Waals surface area contributed by atoms with Gasteiger partial charge in [-0.25, -0.2) is 0 Å². The Bertz CT molecular complexity index is 824. The molecule has 0 amide bonds. The molecule has 0 bridgehead atoms. The molecule has 0 aliphatic rings. The molecule has 1 aromatic heterocycles. The quantitative estimate of drug-likeness (QED) is 0.210. The summed E-state index contributed by atoms with van der Waals surface area (Å²) in [5, 5.41) is 11.9. The van der Waals surface area contributed by atoms with Crippen molar-refractivity contribution in [1.82, 2.24) is 4.98 Å². The molecule has 184 valence electrons. The van der Waals surface area contributed by atoms with Crippen LogP contribution in [-0.4, -0.2) is 18.2 Å². The number of pyridine rings is 1. The number of benzene rings is 2. The molecule has 2 atom stereocenters. The molecule has 0 radical (unpaired) electrons. The van der Waals surface area contributed by atoms with E-state index in [0.29, 0.717) is 20.4 Å². The molecule has 1 N–H and O–H groups in total. The smallest absolute Gasteiger partial charge is 0.0991 e. The van der Waals surface area contributed by atoms with Crippen LogP contribution in [0.5, 0.6) is 0 Å². The van der Waals surface area contributed by atoms with E-state index in [1.54, 1.807) is 12.4 Å². The first-order chi connectivity index (χ1) is 15.0. The Kier molecular flexibility index (Phi) is 15.7. The number of aromatic nitrogens is 1. The second kappa shape index (κ2) is 16.3. The zero-order valence-electron chi connectivity index (χ0n) is 21.2. The van der Waals surface area contributed by atoms with Crippen LogP contribution in [0.1, 0.15) is 62.1 Å². The molecule has 5 heteroatoms. The van der Waals surface area contributed by atoms with Gasteiger partial charge in [0.05, 0.1) is 5.85 Å². The Morgan fingerprint density at radius 3 is 1.52 bits per heavy atom. The molecule has 0 spiro atoms. The first-order valence-electron chi connectivity index (χ1n) is 11.3. The van der Waals surface area contributed by atoms with Gasteiger partial charge in [0.15, 0.2) is 0 Å². The minimum absolute atomic E-state index is 0. The number of aliphatic hydroxyl groups excluding tert-OH is 1. The number of nitrogens with zero attached hydrogens (tertiary/aromatic N) is 1. The van der Waals surface area contributed by atoms with Gasteiger partial charge >= 0.3 is 0 Å². The Morgan fingerprint density at radius 1 is 0.758 bits per heavy atom. The number of hydrogen-bond acceptors (Lipinski definition) is 2. The average molecular weight is 525 g/mol. The normalized spacial score (nSPS) is 11.8. The van der Waals surface area contributed by atoms with Crippen molar-refractivity contribution in [3.8, 4) is 0 Å². The molecule has 0 saturated heterocycles. The fraction of sp³-hybridized carbons (Fsp3) is 0.357. The van der Waals surface area contributed by atoms with Crippen LogP contribution in [0.2, 0.25) is 19.6 Å². The van der Waals surface area contributed by atoms with E-state index in [1.807, 2.05) is 48.5 Å². The van der Waals surface area contributed by atoms with Crippen molar-refractivity contribution in [1.29, 1.82) is 0 Å². The Balaban J connectivity index is 0.000000703. The van der Waals surface area contributed by atoms with Crippen molar-refractivity contribution < 1.29 is 21.6 Å². The summed E-state index contributed by atoms with van der Waals surface area (Å²) in [5.41, 5.74) is 3.74. The third-order valence-electron chi connectivity index (χ3n) is 4.34. The van der Waals surface area contributed by atoms with Gasteiger partial charge in [-0.15, -0.1) is 8.07 Å². The van der Waals surface area contributed by atoms with Gasteiger partial charge in [-0.3, -0.25) is 4.98 Å². The van der Waals surface area contributed by atoms with Crippen molar-refractivity contribution in [3.63, 3.8) is 0 Å². The maximum Gasteiger partial charge on any atom is 0.0991 e. The summed E-state index contributed by atoms with van der Waals surface area (Å²) >= 11 is 0. The molecule has 0 aliphatic heterocycles. The van der Waals surface area contributed by atoms with Crippen molar-refractivity contribution in [2.24, 2.45) is 0 Å². The van der Waals surface area contributed by atoms with Gasteiger partial charge in [-0.05, 0) is 46.0 Å². The van der Waals surface area contributed by atoms with Gasteiger partial charge in [0.25, 0.3) is 0 Å². The molecule has 3 rings (SSSR count). The molecule has 33 heavy (non-hydrogen) atoms. The predicted molar refractivity (Wildman–Crippen MR) is 147 cm³/mol. The SMILES string of the molecule is CC(C)c1cccc(C(C)C)c1PC(O)c1ccccc1.[CH2-][Si](C)(C)C.[Ni].c1ccncc1. The van der Waals surface area contributed by atoms with Crippen LogP contribution in [0.25, 0.3) is 0 Å². The van der Waals surface area contributed by atoms with Crippen LogP contribution in [0.4, 0.5) is 0 Å². The average Bonchev–Trinajstić information content (AvgIpc) is 2.74. The first-order valence-corrected chi connectivity index (χ1v) is 16.1. The van der Waals surface area contributed by atoms with Crippen LogP contribution in [0, 0.1) is 6.55 Å². The zero-order chi connectivity index (χ0) is 24.1. The fourth-order valence-corrected chi connectivity index (χ4v) is 4.60. The van der Waals surface area contributed by atoms with Gasteiger partial charge in [0.1, 0.15) is 0 Å². The third kappa shape index (κ3) is 13.9. The first kappa shape index (κ1) is 31.7. The number of rotatable bonds is 5. The van der Waals surface area contributed by atoms with Crippen LogP contribution in [0.3, 0.4) is 0 Å². The van der Waals surface area contributed by atoms with Gasteiger partial charge in [-0.1, -0.05) is 111 Å².